The molecule has 1 rings (SSSR count). The fraction of sp³-hybridized carbons (Fsp3) is 0.364. The Morgan fingerprint density at radius 1 is 1.44 bits per heavy atom. The third-order valence-corrected chi connectivity index (χ3v) is 3.29. The number of carbonyl (C=O) groups is 1. The topological polar surface area (TPSA) is 52.3 Å². The summed E-state index contributed by atoms with van der Waals surface area (Å²) in [6.45, 7) is 6.14. The number of carbonyl (C=O) groups excluding carboxylic acids is 1. The van der Waals surface area contributed by atoms with E-state index in [1.807, 2.05) is 26.8 Å². The van der Waals surface area contributed by atoms with Crippen LogP contribution < -0.4 is 10.5 Å². The number of halogens is 2. The minimum atomic E-state index is -0.858. The van der Waals surface area contributed by atoms with E-state index in [4.69, 9.17) is 22.1 Å². The zero-order chi connectivity index (χ0) is 12.5. The van der Waals surface area contributed by atoms with Crippen molar-refractivity contribution in [2.45, 2.75) is 26.2 Å². The first-order valence-corrected chi connectivity index (χ1v) is 6.15. The van der Waals surface area contributed by atoms with Gasteiger partial charge in [0.25, 0.3) is 0 Å². The summed E-state index contributed by atoms with van der Waals surface area (Å²) in [6, 6.07) is 3.50. The zero-order valence-corrected chi connectivity index (χ0v) is 12.2. The number of ether oxygens (including phenoxy) is 1. The quantitative estimate of drug-likeness (QED) is 0.783. The van der Waals surface area contributed by atoms with E-state index in [2.05, 4.69) is 22.6 Å². The lowest BCUT2D eigenvalue weighted by Gasteiger charge is -2.23. The van der Waals surface area contributed by atoms with Crippen LogP contribution in [-0.2, 0) is 5.41 Å². The molecule has 0 aliphatic rings. The van der Waals surface area contributed by atoms with Crippen molar-refractivity contribution in [1.82, 2.24) is 0 Å². The van der Waals surface area contributed by atoms with Crippen LogP contribution >= 0.6 is 34.2 Å². The van der Waals surface area contributed by atoms with E-state index in [0.717, 1.165) is 9.13 Å². The molecule has 0 radical (unpaired) electrons. The predicted octanol–water partition coefficient (Wildman–Crippen LogP) is 3.70. The largest absolute Gasteiger partial charge is 0.410 e. The van der Waals surface area contributed by atoms with E-state index in [-0.39, 0.29) is 5.41 Å². The van der Waals surface area contributed by atoms with Crippen LogP contribution in [0.2, 0.25) is 5.02 Å². The molecule has 5 heteroatoms. The van der Waals surface area contributed by atoms with E-state index in [9.17, 15) is 4.79 Å². The first-order valence-electron chi connectivity index (χ1n) is 4.69. The number of hydrogen-bond acceptors (Lipinski definition) is 2. The fourth-order valence-corrected chi connectivity index (χ4v) is 3.31. The van der Waals surface area contributed by atoms with Crippen LogP contribution in [0.1, 0.15) is 26.3 Å². The summed E-state index contributed by atoms with van der Waals surface area (Å²) in [5, 5.41) is 0.443. The lowest BCUT2D eigenvalue weighted by Crippen LogP contribution is -2.19. The van der Waals surface area contributed by atoms with E-state index >= 15 is 0 Å². The van der Waals surface area contributed by atoms with Gasteiger partial charge in [0.05, 0.1) is 5.02 Å². The Hall–Kier alpha value is -0.490. The first-order chi connectivity index (χ1) is 7.23. The molecule has 0 spiro atoms. The molecular formula is C11H13ClINO2. The average Bonchev–Trinajstić information content (AvgIpc) is 2.07. The van der Waals surface area contributed by atoms with Gasteiger partial charge in [0.15, 0.2) is 5.75 Å². The SMILES string of the molecule is CC(C)(C)c1c(I)ccc(OC(N)=O)c1Cl. The van der Waals surface area contributed by atoms with Crippen LogP contribution in [-0.4, -0.2) is 6.09 Å². The minimum Gasteiger partial charge on any atom is -0.409 e. The lowest BCUT2D eigenvalue weighted by molar-refractivity contribution is 0.211. The maximum atomic E-state index is 10.7. The molecule has 0 aliphatic carbocycles. The van der Waals surface area contributed by atoms with Crippen LogP contribution in [0.4, 0.5) is 4.79 Å². The molecule has 0 aromatic heterocycles. The molecular weight excluding hydrogens is 340 g/mol. The molecule has 1 aromatic carbocycles. The summed E-state index contributed by atoms with van der Waals surface area (Å²) in [6.07, 6.45) is -0.858. The van der Waals surface area contributed by atoms with Gasteiger partial charge in [-0.1, -0.05) is 32.4 Å². The van der Waals surface area contributed by atoms with Crippen molar-refractivity contribution in [1.29, 1.82) is 0 Å². The molecule has 1 amide bonds. The van der Waals surface area contributed by atoms with Crippen LogP contribution in [0.3, 0.4) is 0 Å². The van der Waals surface area contributed by atoms with Gasteiger partial charge >= 0.3 is 6.09 Å². The lowest BCUT2D eigenvalue weighted by atomic mass is 9.87. The molecule has 0 heterocycles. The Balaban J connectivity index is 3.33. The molecule has 1 aromatic rings. The van der Waals surface area contributed by atoms with E-state index in [1.54, 1.807) is 6.07 Å². The highest BCUT2D eigenvalue weighted by Crippen LogP contribution is 2.38. The maximum Gasteiger partial charge on any atom is 0.410 e. The van der Waals surface area contributed by atoms with Crippen molar-refractivity contribution in [2.24, 2.45) is 5.73 Å². The molecule has 2 N–H and O–H groups in total. The third-order valence-electron chi connectivity index (χ3n) is 2.02. The van der Waals surface area contributed by atoms with Crippen molar-refractivity contribution in [2.75, 3.05) is 0 Å². The summed E-state index contributed by atoms with van der Waals surface area (Å²) in [7, 11) is 0. The van der Waals surface area contributed by atoms with Crippen molar-refractivity contribution < 1.29 is 9.53 Å². The van der Waals surface area contributed by atoms with Crippen LogP contribution in [0.25, 0.3) is 0 Å². The Kier molecular flexibility index (Phi) is 4.07. The van der Waals surface area contributed by atoms with Gasteiger partial charge < -0.3 is 10.5 Å². The second-order valence-corrected chi connectivity index (χ2v) is 5.95. The summed E-state index contributed by atoms with van der Waals surface area (Å²) in [4.78, 5) is 10.7. The van der Waals surface area contributed by atoms with E-state index < -0.39 is 6.09 Å². The van der Waals surface area contributed by atoms with Gasteiger partial charge in [-0.05, 0) is 45.7 Å². The normalized spacial score (nSPS) is 11.3. The molecule has 0 atom stereocenters. The third kappa shape index (κ3) is 3.01. The number of nitrogens with two attached hydrogens (primary N) is 1. The fourth-order valence-electron chi connectivity index (χ4n) is 1.41. The Bertz CT molecular complexity index is 427. The van der Waals surface area contributed by atoms with E-state index in [1.165, 1.54) is 0 Å². The van der Waals surface area contributed by atoms with Gasteiger partial charge in [0.2, 0.25) is 0 Å². The highest BCUT2D eigenvalue weighted by molar-refractivity contribution is 14.1. The number of primary amides is 1. The van der Waals surface area contributed by atoms with Crippen LogP contribution in [0.15, 0.2) is 12.1 Å². The molecule has 0 bridgehead atoms. The van der Waals surface area contributed by atoms with E-state index in [0.29, 0.717) is 10.8 Å². The summed E-state index contributed by atoms with van der Waals surface area (Å²) < 4.78 is 5.87. The molecule has 0 aliphatic heterocycles. The van der Waals surface area contributed by atoms with Gasteiger partial charge in [-0.25, -0.2) is 4.79 Å². The predicted molar refractivity (Wildman–Crippen MR) is 73.1 cm³/mol. The maximum absolute atomic E-state index is 10.7. The molecule has 3 nitrogen and oxygen atoms in total. The number of amides is 1. The number of rotatable bonds is 1. The van der Waals surface area contributed by atoms with Gasteiger partial charge in [-0.2, -0.15) is 0 Å². The summed E-state index contributed by atoms with van der Waals surface area (Å²) >= 11 is 8.41. The second kappa shape index (κ2) is 4.79. The molecule has 0 saturated heterocycles. The molecule has 88 valence electrons. The number of benzene rings is 1. The highest BCUT2D eigenvalue weighted by Gasteiger charge is 2.23. The van der Waals surface area contributed by atoms with Gasteiger partial charge in [-0.3, -0.25) is 0 Å². The van der Waals surface area contributed by atoms with Gasteiger partial charge in [0, 0.05) is 3.57 Å². The smallest absolute Gasteiger partial charge is 0.409 e. The van der Waals surface area contributed by atoms with Crippen molar-refractivity contribution in [3.05, 3.63) is 26.3 Å². The number of hydrogen-bond donors (Lipinski definition) is 1. The second-order valence-electron chi connectivity index (χ2n) is 4.41. The monoisotopic (exact) mass is 353 g/mol. The Morgan fingerprint density at radius 2 is 2.00 bits per heavy atom. The van der Waals surface area contributed by atoms with Crippen LogP contribution in [0.5, 0.6) is 5.75 Å². The minimum absolute atomic E-state index is 0.120. The molecule has 0 unspecified atom stereocenters. The molecule has 0 fully saturated rings. The summed E-state index contributed by atoms with van der Waals surface area (Å²) in [5.41, 5.74) is 5.80. The van der Waals surface area contributed by atoms with Crippen molar-refractivity contribution in [3.63, 3.8) is 0 Å². The highest BCUT2D eigenvalue weighted by atomic mass is 127. The zero-order valence-electron chi connectivity index (χ0n) is 9.30. The van der Waals surface area contributed by atoms with Crippen molar-refractivity contribution in [3.8, 4) is 5.75 Å². The average molecular weight is 354 g/mol. The Labute approximate surface area is 113 Å². The van der Waals surface area contributed by atoms with Crippen LogP contribution in [0, 0.1) is 3.57 Å². The Morgan fingerprint density at radius 3 is 2.44 bits per heavy atom. The molecule has 16 heavy (non-hydrogen) atoms. The standard InChI is InChI=1S/C11H13ClINO2/c1-11(2,3)8-6(13)4-5-7(9(8)12)16-10(14)15/h4-5H,1-3H3,(H2,14,15). The van der Waals surface area contributed by atoms with Gasteiger partial charge in [0.1, 0.15) is 0 Å². The molecule has 0 saturated carbocycles. The first kappa shape index (κ1) is 13.6. The van der Waals surface area contributed by atoms with Gasteiger partial charge in [-0.15, -0.1) is 0 Å². The van der Waals surface area contributed by atoms with Crippen molar-refractivity contribution >= 4 is 40.3 Å². The summed E-state index contributed by atoms with van der Waals surface area (Å²) in [5.74, 6) is 0.305.